The molecule has 2 amide bonds. The third-order valence-electron chi connectivity index (χ3n) is 5.62. The molecule has 0 bridgehead atoms. The second-order valence-corrected chi connectivity index (χ2v) is 8.10. The van der Waals surface area contributed by atoms with Gasteiger partial charge in [-0.25, -0.2) is 9.97 Å². The zero-order valence-electron chi connectivity index (χ0n) is 19.6. The maximum atomic E-state index is 13.3. The van der Waals surface area contributed by atoms with Gasteiger partial charge >= 0.3 is 6.18 Å². The zero-order chi connectivity index (χ0) is 25.9. The van der Waals surface area contributed by atoms with Gasteiger partial charge in [0.25, 0.3) is 11.8 Å². The number of carbonyl (C=O) groups is 2. The van der Waals surface area contributed by atoms with Crippen LogP contribution in [0.5, 0.6) is 17.4 Å². The lowest BCUT2D eigenvalue weighted by molar-refractivity contribution is -0.141. The van der Waals surface area contributed by atoms with Crippen molar-refractivity contribution in [2.75, 3.05) is 33.3 Å². The number of rotatable bonds is 1. The molecule has 4 rings (SSSR count). The van der Waals surface area contributed by atoms with E-state index >= 15 is 0 Å². The van der Waals surface area contributed by atoms with Crippen LogP contribution in [0.15, 0.2) is 54.7 Å². The van der Waals surface area contributed by atoms with Gasteiger partial charge in [0.2, 0.25) is 5.88 Å². The Morgan fingerprint density at radius 1 is 1.00 bits per heavy atom. The van der Waals surface area contributed by atoms with Crippen LogP contribution >= 0.6 is 0 Å². The number of benzene rings is 1. The number of alkyl halides is 3. The van der Waals surface area contributed by atoms with Crippen molar-refractivity contribution in [3.63, 3.8) is 0 Å². The summed E-state index contributed by atoms with van der Waals surface area (Å²) in [6.45, 7) is 1.81. The minimum atomic E-state index is -4.62. The smallest absolute Gasteiger partial charge is 0.433 e. The number of ether oxygens (including phenoxy) is 2. The maximum absolute atomic E-state index is 13.3. The van der Waals surface area contributed by atoms with Crippen molar-refractivity contribution in [1.82, 2.24) is 19.8 Å². The Labute approximate surface area is 205 Å². The standard InChI is InChI=1S/C25H23F3N4O4/c1-16-17(9-10-21(30-16)25(26,27)28)24(34)32-13-12-31(2)23(33)18-6-5-11-29-22(18)36-20-8-4-3-7-19(20)35-15-14-32/h3-11H,12-15H2,1-2H3. The van der Waals surface area contributed by atoms with Crippen LogP contribution in [0, 0.1) is 6.92 Å². The van der Waals surface area contributed by atoms with E-state index in [0.29, 0.717) is 11.5 Å². The average molecular weight is 500 g/mol. The molecule has 188 valence electrons. The fourth-order valence-corrected chi connectivity index (χ4v) is 3.67. The molecule has 0 radical (unpaired) electrons. The van der Waals surface area contributed by atoms with Crippen LogP contribution < -0.4 is 9.47 Å². The summed E-state index contributed by atoms with van der Waals surface area (Å²) in [6.07, 6.45) is -3.11. The molecule has 2 aromatic heterocycles. The molecule has 0 unspecified atom stereocenters. The van der Waals surface area contributed by atoms with Crippen LogP contribution in [0.25, 0.3) is 0 Å². The van der Waals surface area contributed by atoms with Crippen molar-refractivity contribution in [2.24, 2.45) is 0 Å². The molecule has 36 heavy (non-hydrogen) atoms. The Morgan fingerprint density at radius 3 is 2.47 bits per heavy atom. The monoisotopic (exact) mass is 500 g/mol. The first-order valence-corrected chi connectivity index (χ1v) is 11.1. The summed E-state index contributed by atoms with van der Waals surface area (Å²) in [5, 5.41) is 0. The third-order valence-corrected chi connectivity index (χ3v) is 5.62. The highest BCUT2D eigenvalue weighted by Crippen LogP contribution is 2.32. The van der Waals surface area contributed by atoms with Gasteiger partial charge in [0, 0.05) is 26.3 Å². The number of pyridine rings is 2. The van der Waals surface area contributed by atoms with E-state index in [1.807, 2.05) is 0 Å². The van der Waals surface area contributed by atoms with Crippen molar-refractivity contribution in [3.05, 3.63) is 77.2 Å². The number of amides is 2. The molecule has 0 N–H and O–H groups in total. The van der Waals surface area contributed by atoms with Crippen LogP contribution in [0.1, 0.15) is 32.1 Å². The molecule has 8 nitrogen and oxygen atoms in total. The number of likely N-dealkylation sites (N-methyl/N-ethyl adjacent to an activating group) is 1. The van der Waals surface area contributed by atoms with Crippen molar-refractivity contribution < 1.29 is 32.2 Å². The lowest BCUT2D eigenvalue weighted by Crippen LogP contribution is -2.41. The van der Waals surface area contributed by atoms with Gasteiger partial charge in [-0.1, -0.05) is 12.1 Å². The number of hydrogen-bond acceptors (Lipinski definition) is 6. The summed E-state index contributed by atoms with van der Waals surface area (Å²) < 4.78 is 50.8. The number of aromatic nitrogens is 2. The molecule has 0 fully saturated rings. The second-order valence-electron chi connectivity index (χ2n) is 8.10. The van der Waals surface area contributed by atoms with Crippen LogP contribution in [-0.4, -0.2) is 64.9 Å². The molecule has 1 aromatic carbocycles. The molecule has 0 saturated heterocycles. The van der Waals surface area contributed by atoms with E-state index in [1.54, 1.807) is 43.4 Å². The second kappa shape index (κ2) is 10.2. The lowest BCUT2D eigenvalue weighted by Gasteiger charge is -2.26. The molecule has 1 aliphatic rings. The summed E-state index contributed by atoms with van der Waals surface area (Å²) in [6, 6.07) is 11.9. The van der Waals surface area contributed by atoms with E-state index in [-0.39, 0.29) is 54.8 Å². The van der Waals surface area contributed by atoms with Crippen LogP contribution in [0.2, 0.25) is 0 Å². The molecule has 1 aliphatic heterocycles. The lowest BCUT2D eigenvalue weighted by atomic mass is 10.1. The van der Waals surface area contributed by atoms with Gasteiger partial charge in [0.15, 0.2) is 11.5 Å². The number of hydrogen-bond donors (Lipinski definition) is 0. The van der Waals surface area contributed by atoms with Gasteiger partial charge in [-0.2, -0.15) is 13.2 Å². The first-order valence-electron chi connectivity index (χ1n) is 11.1. The van der Waals surface area contributed by atoms with Gasteiger partial charge in [-0.15, -0.1) is 0 Å². The molecule has 0 aliphatic carbocycles. The Morgan fingerprint density at radius 2 is 1.75 bits per heavy atom. The average Bonchev–Trinajstić information content (AvgIpc) is 2.86. The van der Waals surface area contributed by atoms with Gasteiger partial charge in [0.1, 0.15) is 17.9 Å². The molecule has 0 atom stereocenters. The number of nitrogens with zero attached hydrogens (tertiary/aromatic N) is 4. The summed E-state index contributed by atoms with van der Waals surface area (Å²) in [5.41, 5.74) is -0.838. The SMILES string of the molecule is Cc1nc(C(F)(F)F)ccc1C(=O)N1CCOc2ccccc2Oc2ncccc2C(=O)N(C)CC1. The fraction of sp³-hybridized carbons (Fsp3) is 0.280. The Balaban J connectivity index is 1.65. The highest BCUT2D eigenvalue weighted by atomic mass is 19.4. The minimum absolute atomic E-state index is 0.0400. The van der Waals surface area contributed by atoms with E-state index in [9.17, 15) is 22.8 Å². The summed E-state index contributed by atoms with van der Waals surface area (Å²) in [4.78, 5) is 37.1. The van der Waals surface area contributed by atoms with Gasteiger partial charge in [-0.3, -0.25) is 9.59 Å². The largest absolute Gasteiger partial charge is 0.488 e. The topological polar surface area (TPSA) is 84.9 Å². The van der Waals surface area contributed by atoms with E-state index in [2.05, 4.69) is 9.97 Å². The number of carbonyl (C=O) groups excluding carboxylic acids is 2. The molecular formula is C25H23F3N4O4. The molecule has 3 heterocycles. The van der Waals surface area contributed by atoms with Crippen molar-refractivity contribution in [3.8, 4) is 17.4 Å². The quantitative estimate of drug-likeness (QED) is 0.498. The predicted octanol–water partition coefficient (Wildman–Crippen LogP) is 4.20. The maximum Gasteiger partial charge on any atom is 0.433 e. The highest BCUT2D eigenvalue weighted by Gasteiger charge is 2.33. The first-order chi connectivity index (χ1) is 17.1. The summed E-state index contributed by atoms with van der Waals surface area (Å²) in [5.74, 6) is -0.0408. The number of halogens is 3. The molecule has 3 aromatic rings. The predicted molar refractivity (Wildman–Crippen MR) is 123 cm³/mol. The first kappa shape index (κ1) is 25.0. The molecular weight excluding hydrogens is 477 g/mol. The van der Waals surface area contributed by atoms with Gasteiger partial charge in [-0.05, 0) is 43.3 Å². The van der Waals surface area contributed by atoms with Crippen LogP contribution in [0.4, 0.5) is 13.2 Å². The number of fused-ring (bicyclic) bond motifs is 2. The van der Waals surface area contributed by atoms with Crippen LogP contribution in [0.3, 0.4) is 0 Å². The minimum Gasteiger partial charge on any atom is -0.488 e. The van der Waals surface area contributed by atoms with Crippen molar-refractivity contribution in [2.45, 2.75) is 13.1 Å². The fourth-order valence-electron chi connectivity index (χ4n) is 3.67. The van der Waals surface area contributed by atoms with E-state index < -0.39 is 17.8 Å². The normalized spacial score (nSPS) is 14.9. The Bertz CT molecular complexity index is 1280. The van der Waals surface area contributed by atoms with Crippen LogP contribution in [-0.2, 0) is 6.18 Å². The number of para-hydroxylation sites is 2. The Kier molecular flexibility index (Phi) is 7.09. The molecule has 0 spiro atoms. The van der Waals surface area contributed by atoms with Gasteiger partial charge < -0.3 is 19.3 Å². The highest BCUT2D eigenvalue weighted by molar-refractivity contribution is 5.97. The van der Waals surface area contributed by atoms with Crippen molar-refractivity contribution >= 4 is 11.8 Å². The van der Waals surface area contributed by atoms with E-state index in [0.717, 1.165) is 12.1 Å². The molecule has 11 heteroatoms. The number of aryl methyl sites for hydroxylation is 1. The van der Waals surface area contributed by atoms with Crippen molar-refractivity contribution in [1.29, 1.82) is 0 Å². The van der Waals surface area contributed by atoms with E-state index in [1.165, 1.54) is 22.9 Å². The van der Waals surface area contributed by atoms with Gasteiger partial charge in [0.05, 0.1) is 17.8 Å². The summed E-state index contributed by atoms with van der Waals surface area (Å²) >= 11 is 0. The molecule has 0 saturated carbocycles. The third kappa shape index (κ3) is 5.40. The van der Waals surface area contributed by atoms with E-state index in [4.69, 9.17) is 9.47 Å². The zero-order valence-corrected chi connectivity index (χ0v) is 19.6. The Hall–Kier alpha value is -4.15. The summed E-state index contributed by atoms with van der Waals surface area (Å²) in [7, 11) is 1.58.